The van der Waals surface area contributed by atoms with Gasteiger partial charge in [0.05, 0.1) is 17.2 Å². The largest absolute Gasteiger partial charge is 0.394 e. The summed E-state index contributed by atoms with van der Waals surface area (Å²) in [6.45, 7) is 3.74. The molecule has 4 nitrogen and oxygen atoms in total. The molecule has 0 aliphatic heterocycles. The van der Waals surface area contributed by atoms with Gasteiger partial charge in [0.1, 0.15) is 4.90 Å². The van der Waals surface area contributed by atoms with Crippen LogP contribution in [0.2, 0.25) is 5.02 Å². The van der Waals surface area contributed by atoms with E-state index in [0.29, 0.717) is 18.8 Å². The van der Waals surface area contributed by atoms with Gasteiger partial charge in [-0.25, -0.2) is 13.1 Å². The molecule has 0 radical (unpaired) electrons. The van der Waals surface area contributed by atoms with E-state index >= 15 is 0 Å². The summed E-state index contributed by atoms with van der Waals surface area (Å²) in [4.78, 5) is 0.0702. The van der Waals surface area contributed by atoms with E-state index in [9.17, 15) is 13.5 Å². The smallest absolute Gasteiger partial charge is 0.242 e. The van der Waals surface area contributed by atoms with Crippen LogP contribution in [-0.2, 0) is 10.0 Å². The lowest BCUT2D eigenvalue weighted by Gasteiger charge is -2.39. The number of aliphatic hydroxyl groups is 1. The van der Waals surface area contributed by atoms with Crippen molar-refractivity contribution in [1.29, 1.82) is 0 Å². The van der Waals surface area contributed by atoms with E-state index < -0.39 is 15.6 Å². The number of benzene rings is 1. The van der Waals surface area contributed by atoms with Gasteiger partial charge in [-0.3, -0.25) is 0 Å². The highest BCUT2D eigenvalue weighted by Crippen LogP contribution is 2.34. The average molecular weight is 332 g/mol. The van der Waals surface area contributed by atoms with Crippen molar-refractivity contribution in [3.05, 3.63) is 28.8 Å². The molecule has 1 fully saturated rings. The molecular weight excluding hydrogens is 310 g/mol. The average Bonchev–Trinajstić information content (AvgIpc) is 2.37. The molecule has 1 saturated carbocycles. The maximum absolute atomic E-state index is 12.6. The lowest BCUT2D eigenvalue weighted by atomic mass is 9.78. The summed E-state index contributed by atoms with van der Waals surface area (Å²) < 4.78 is 27.9. The Morgan fingerprint density at radius 1 is 1.48 bits per heavy atom. The standard InChI is InChI=1S/C15H22ClNO3S/c1-11-5-6-14(13(16)8-11)21(19,20)17-15(10-18)7-3-4-12(2)9-15/h5-6,8,12,17-18H,3-4,7,9-10H2,1-2H3. The van der Waals surface area contributed by atoms with Crippen molar-refractivity contribution in [2.24, 2.45) is 5.92 Å². The Morgan fingerprint density at radius 3 is 2.76 bits per heavy atom. The minimum atomic E-state index is -3.74. The first-order chi connectivity index (χ1) is 9.78. The van der Waals surface area contributed by atoms with Gasteiger partial charge in [-0.2, -0.15) is 0 Å². The third kappa shape index (κ3) is 3.77. The van der Waals surface area contributed by atoms with Crippen molar-refractivity contribution in [3.8, 4) is 0 Å². The Hall–Kier alpha value is -0.620. The Labute approximate surface area is 131 Å². The molecule has 0 bridgehead atoms. The Kier molecular flexibility index (Phi) is 4.98. The van der Waals surface area contributed by atoms with E-state index in [1.54, 1.807) is 12.1 Å². The van der Waals surface area contributed by atoms with E-state index in [-0.39, 0.29) is 16.5 Å². The summed E-state index contributed by atoms with van der Waals surface area (Å²) >= 11 is 6.07. The zero-order valence-corrected chi connectivity index (χ0v) is 14.0. The fourth-order valence-electron chi connectivity index (χ4n) is 3.09. The van der Waals surface area contributed by atoms with Gasteiger partial charge in [0.25, 0.3) is 0 Å². The van der Waals surface area contributed by atoms with Crippen LogP contribution in [0.25, 0.3) is 0 Å². The van der Waals surface area contributed by atoms with Crippen LogP contribution in [0.3, 0.4) is 0 Å². The maximum Gasteiger partial charge on any atom is 0.242 e. The molecule has 21 heavy (non-hydrogen) atoms. The fraction of sp³-hybridized carbons (Fsp3) is 0.600. The summed E-state index contributed by atoms with van der Waals surface area (Å²) in [5.74, 6) is 0.391. The quantitative estimate of drug-likeness (QED) is 0.891. The number of hydrogen-bond acceptors (Lipinski definition) is 3. The summed E-state index contributed by atoms with van der Waals surface area (Å²) in [6.07, 6.45) is 3.27. The molecule has 118 valence electrons. The number of rotatable bonds is 4. The van der Waals surface area contributed by atoms with Crippen molar-refractivity contribution in [1.82, 2.24) is 4.72 Å². The second-order valence-corrected chi connectivity index (χ2v) is 8.24. The predicted molar refractivity (Wildman–Crippen MR) is 84.0 cm³/mol. The molecule has 2 rings (SSSR count). The molecule has 0 aromatic heterocycles. The molecule has 2 N–H and O–H groups in total. The molecule has 0 spiro atoms. The molecule has 0 saturated heterocycles. The summed E-state index contributed by atoms with van der Waals surface area (Å²) in [7, 11) is -3.74. The van der Waals surface area contributed by atoms with Gasteiger partial charge in [-0.1, -0.05) is 37.4 Å². The highest BCUT2D eigenvalue weighted by molar-refractivity contribution is 7.89. The molecule has 0 amide bonds. The van der Waals surface area contributed by atoms with Crippen LogP contribution in [0.4, 0.5) is 0 Å². The van der Waals surface area contributed by atoms with Gasteiger partial charge < -0.3 is 5.11 Å². The minimum Gasteiger partial charge on any atom is -0.394 e. The summed E-state index contributed by atoms with van der Waals surface area (Å²) in [5, 5.41) is 9.93. The van der Waals surface area contributed by atoms with Gasteiger partial charge in [-0.15, -0.1) is 0 Å². The van der Waals surface area contributed by atoms with Gasteiger partial charge in [0.15, 0.2) is 0 Å². The molecule has 2 atom stereocenters. The highest BCUT2D eigenvalue weighted by Gasteiger charge is 2.38. The van der Waals surface area contributed by atoms with Gasteiger partial charge in [0, 0.05) is 0 Å². The van der Waals surface area contributed by atoms with Crippen LogP contribution in [-0.4, -0.2) is 25.7 Å². The number of hydrogen-bond donors (Lipinski definition) is 2. The monoisotopic (exact) mass is 331 g/mol. The number of sulfonamides is 1. The first-order valence-electron chi connectivity index (χ1n) is 7.19. The summed E-state index contributed by atoms with van der Waals surface area (Å²) in [6, 6.07) is 4.86. The summed E-state index contributed by atoms with van der Waals surface area (Å²) in [5.41, 5.74) is 0.132. The molecule has 2 unspecified atom stereocenters. The Bertz CT molecular complexity index is 617. The Balaban J connectivity index is 2.31. The third-order valence-corrected chi connectivity index (χ3v) is 6.18. The first kappa shape index (κ1) is 16.7. The third-order valence-electron chi connectivity index (χ3n) is 4.12. The predicted octanol–water partition coefficient (Wildman–Crippen LogP) is 2.87. The fourth-order valence-corrected chi connectivity index (χ4v) is 5.13. The highest BCUT2D eigenvalue weighted by atomic mass is 35.5. The SMILES string of the molecule is Cc1ccc(S(=O)(=O)NC2(CO)CCCC(C)C2)c(Cl)c1. The van der Waals surface area contributed by atoms with Crippen LogP contribution in [0, 0.1) is 12.8 Å². The van der Waals surface area contributed by atoms with E-state index in [4.69, 9.17) is 11.6 Å². The molecule has 1 aromatic carbocycles. The molecule has 1 aliphatic rings. The van der Waals surface area contributed by atoms with Crippen LogP contribution in [0.5, 0.6) is 0 Å². The number of halogens is 1. The molecule has 6 heteroatoms. The van der Waals surface area contributed by atoms with E-state index in [1.807, 2.05) is 6.92 Å². The van der Waals surface area contributed by atoms with E-state index in [0.717, 1.165) is 18.4 Å². The minimum absolute atomic E-state index is 0.0702. The lowest BCUT2D eigenvalue weighted by Crippen LogP contribution is -2.53. The van der Waals surface area contributed by atoms with Gasteiger partial charge in [0.2, 0.25) is 10.0 Å². The maximum atomic E-state index is 12.6. The van der Waals surface area contributed by atoms with Crippen LogP contribution >= 0.6 is 11.6 Å². The Morgan fingerprint density at radius 2 is 2.19 bits per heavy atom. The zero-order chi connectivity index (χ0) is 15.7. The van der Waals surface area contributed by atoms with E-state index in [2.05, 4.69) is 11.6 Å². The van der Waals surface area contributed by atoms with Crippen LogP contribution in [0.1, 0.15) is 38.2 Å². The van der Waals surface area contributed by atoms with E-state index in [1.165, 1.54) is 6.07 Å². The normalized spacial score (nSPS) is 26.8. The first-order valence-corrected chi connectivity index (χ1v) is 9.05. The van der Waals surface area contributed by atoms with Crippen LogP contribution in [0.15, 0.2) is 23.1 Å². The van der Waals surface area contributed by atoms with Crippen LogP contribution < -0.4 is 4.72 Å². The zero-order valence-electron chi connectivity index (χ0n) is 12.4. The molecule has 1 aromatic rings. The van der Waals surface area contributed by atoms with Gasteiger partial charge in [-0.05, 0) is 43.4 Å². The number of aliphatic hydroxyl groups excluding tert-OH is 1. The number of nitrogens with one attached hydrogen (secondary N) is 1. The second kappa shape index (κ2) is 6.24. The lowest BCUT2D eigenvalue weighted by molar-refractivity contribution is 0.120. The number of aryl methyl sites for hydroxylation is 1. The van der Waals surface area contributed by atoms with Crippen molar-refractivity contribution < 1.29 is 13.5 Å². The van der Waals surface area contributed by atoms with Gasteiger partial charge >= 0.3 is 0 Å². The van der Waals surface area contributed by atoms with Crippen molar-refractivity contribution in [2.75, 3.05) is 6.61 Å². The van der Waals surface area contributed by atoms with Crippen molar-refractivity contribution >= 4 is 21.6 Å². The van der Waals surface area contributed by atoms with Crippen molar-refractivity contribution in [2.45, 2.75) is 50.0 Å². The molecule has 1 aliphatic carbocycles. The van der Waals surface area contributed by atoms with Crippen molar-refractivity contribution in [3.63, 3.8) is 0 Å². The molecular formula is C15H22ClNO3S. The molecule has 0 heterocycles. The topological polar surface area (TPSA) is 66.4 Å². The second-order valence-electron chi connectivity index (χ2n) is 6.18.